The highest BCUT2D eigenvalue weighted by Crippen LogP contribution is 2.61. The van der Waals surface area contributed by atoms with Crippen molar-refractivity contribution in [2.75, 3.05) is 26.4 Å². The highest BCUT2D eigenvalue weighted by atomic mass is 16.6. The van der Waals surface area contributed by atoms with Crippen LogP contribution in [0, 0.1) is 0 Å². The fourth-order valence-corrected chi connectivity index (χ4v) is 5.19. The molecule has 1 fully saturated rings. The number of carbonyl (C=O) groups is 2. The van der Waals surface area contributed by atoms with Crippen LogP contribution in [0.15, 0.2) is 43.5 Å². The third-order valence-electron chi connectivity index (χ3n) is 6.51. The van der Waals surface area contributed by atoms with Gasteiger partial charge >= 0.3 is 11.9 Å². The second kappa shape index (κ2) is 10.1. The minimum absolute atomic E-state index is 0.162. The average Bonchev–Trinajstić information content (AvgIpc) is 3.46. The summed E-state index contributed by atoms with van der Waals surface area (Å²) >= 11 is 0. The molecule has 2 atom stereocenters. The Morgan fingerprint density at radius 1 is 0.909 bits per heavy atom. The number of fused-ring (bicyclic) bond motifs is 6. The van der Waals surface area contributed by atoms with Gasteiger partial charge in [-0.1, -0.05) is 38.3 Å². The number of hydrogen-bond acceptors (Lipinski definition) is 6. The molecular weight excluding hydrogens is 420 g/mol. The highest BCUT2D eigenvalue weighted by Gasteiger charge is 2.43. The molecule has 33 heavy (non-hydrogen) atoms. The second-order valence-corrected chi connectivity index (χ2v) is 8.33. The zero-order chi connectivity index (χ0) is 23.4. The van der Waals surface area contributed by atoms with Crippen molar-refractivity contribution in [1.29, 1.82) is 0 Å². The number of rotatable bonds is 11. The predicted octanol–water partition coefficient (Wildman–Crippen LogP) is 4.98. The molecule has 0 saturated heterocycles. The van der Waals surface area contributed by atoms with Crippen molar-refractivity contribution < 1.29 is 28.5 Å². The van der Waals surface area contributed by atoms with Crippen LogP contribution in [-0.4, -0.2) is 38.4 Å². The number of hydrogen-bond donors (Lipinski definition) is 0. The van der Waals surface area contributed by atoms with Crippen LogP contribution in [0.3, 0.4) is 0 Å². The van der Waals surface area contributed by atoms with E-state index in [-0.39, 0.29) is 26.4 Å². The fraction of sp³-hybridized carbons (Fsp3) is 0.407. The summed E-state index contributed by atoms with van der Waals surface area (Å²) < 4.78 is 22.9. The van der Waals surface area contributed by atoms with Gasteiger partial charge in [0.05, 0.1) is 0 Å². The molecule has 1 saturated carbocycles. The SMILES string of the molecule is C=CC(=O)OCCOc1c2c(c(OCCOC(=O)C=C)c3c(CC)cccc13)C1CCC2C1. The molecule has 2 unspecified atom stereocenters. The molecule has 0 N–H and O–H groups in total. The first-order chi connectivity index (χ1) is 16.1. The Hall–Kier alpha value is -3.28. The van der Waals surface area contributed by atoms with E-state index in [0.717, 1.165) is 60.1 Å². The van der Waals surface area contributed by atoms with Crippen molar-refractivity contribution in [3.63, 3.8) is 0 Å². The number of ether oxygens (including phenoxy) is 4. The van der Waals surface area contributed by atoms with Gasteiger partial charge in [0.1, 0.15) is 37.9 Å². The first-order valence-corrected chi connectivity index (χ1v) is 11.5. The van der Waals surface area contributed by atoms with Crippen LogP contribution in [0.4, 0.5) is 0 Å². The Morgan fingerprint density at radius 2 is 1.48 bits per heavy atom. The predicted molar refractivity (Wildman–Crippen MR) is 126 cm³/mol. The molecule has 6 nitrogen and oxygen atoms in total. The van der Waals surface area contributed by atoms with E-state index in [2.05, 4.69) is 32.2 Å². The van der Waals surface area contributed by atoms with E-state index in [9.17, 15) is 9.59 Å². The van der Waals surface area contributed by atoms with Gasteiger partial charge in [-0.3, -0.25) is 0 Å². The van der Waals surface area contributed by atoms with Crippen LogP contribution in [0.5, 0.6) is 11.5 Å². The van der Waals surface area contributed by atoms with Crippen molar-refractivity contribution in [3.05, 3.63) is 60.2 Å². The molecule has 2 bridgehead atoms. The van der Waals surface area contributed by atoms with Gasteiger partial charge in [-0.05, 0) is 43.1 Å². The Bertz CT molecular complexity index is 1090. The van der Waals surface area contributed by atoms with Crippen molar-refractivity contribution >= 4 is 22.7 Å². The van der Waals surface area contributed by atoms with Gasteiger partial charge in [-0.2, -0.15) is 0 Å². The van der Waals surface area contributed by atoms with E-state index in [0.29, 0.717) is 11.8 Å². The van der Waals surface area contributed by atoms with Crippen molar-refractivity contribution in [3.8, 4) is 11.5 Å². The first kappa shape index (κ1) is 22.9. The summed E-state index contributed by atoms with van der Waals surface area (Å²) in [6.07, 6.45) is 6.52. The first-order valence-electron chi connectivity index (χ1n) is 11.5. The molecule has 0 radical (unpaired) electrons. The van der Waals surface area contributed by atoms with Crippen LogP contribution in [0.25, 0.3) is 10.8 Å². The summed E-state index contributed by atoms with van der Waals surface area (Å²) in [5.41, 5.74) is 3.63. The van der Waals surface area contributed by atoms with E-state index in [1.165, 1.54) is 16.7 Å². The Kier molecular flexibility index (Phi) is 7.02. The molecule has 2 aromatic rings. The zero-order valence-electron chi connectivity index (χ0n) is 19.1. The van der Waals surface area contributed by atoms with Gasteiger partial charge in [-0.25, -0.2) is 9.59 Å². The highest BCUT2D eigenvalue weighted by molar-refractivity contribution is 5.99. The molecule has 2 aromatic carbocycles. The smallest absolute Gasteiger partial charge is 0.330 e. The third kappa shape index (κ3) is 4.47. The van der Waals surface area contributed by atoms with E-state index in [4.69, 9.17) is 18.9 Å². The molecule has 6 heteroatoms. The van der Waals surface area contributed by atoms with E-state index < -0.39 is 11.9 Å². The fourth-order valence-electron chi connectivity index (χ4n) is 5.19. The van der Waals surface area contributed by atoms with E-state index in [1.54, 1.807) is 0 Å². The second-order valence-electron chi connectivity index (χ2n) is 8.33. The Morgan fingerprint density at radius 3 is 2.06 bits per heavy atom. The molecule has 0 heterocycles. The standard InChI is InChI=1S/C27H30O6/c1-4-17-8-7-9-20-23(17)27(33-15-13-31-22(29)6-3)25-19-11-10-18(16-19)24(25)26(20)32-14-12-30-21(28)5-2/h5-9,18-19H,2-4,10-16H2,1H3. The average molecular weight is 451 g/mol. The monoisotopic (exact) mass is 450 g/mol. The van der Waals surface area contributed by atoms with Gasteiger partial charge in [-0.15, -0.1) is 0 Å². The van der Waals surface area contributed by atoms with Crippen LogP contribution in [0.1, 0.15) is 54.7 Å². The Balaban J connectivity index is 1.72. The lowest BCUT2D eigenvalue weighted by Gasteiger charge is -2.26. The summed E-state index contributed by atoms with van der Waals surface area (Å²) in [6, 6.07) is 6.22. The van der Waals surface area contributed by atoms with Crippen LogP contribution < -0.4 is 9.47 Å². The molecule has 0 aromatic heterocycles. The van der Waals surface area contributed by atoms with Crippen LogP contribution >= 0.6 is 0 Å². The van der Waals surface area contributed by atoms with Gasteiger partial charge in [0.15, 0.2) is 0 Å². The topological polar surface area (TPSA) is 71.1 Å². The summed E-state index contributed by atoms with van der Waals surface area (Å²) in [6.45, 7) is 9.84. The maximum absolute atomic E-state index is 11.4. The van der Waals surface area contributed by atoms with Gasteiger partial charge in [0, 0.05) is 34.1 Å². The minimum Gasteiger partial charge on any atom is -0.489 e. The van der Waals surface area contributed by atoms with Crippen molar-refractivity contribution in [2.24, 2.45) is 0 Å². The molecule has 0 amide bonds. The zero-order valence-corrected chi connectivity index (χ0v) is 19.1. The lowest BCUT2D eigenvalue weighted by atomic mass is 9.85. The van der Waals surface area contributed by atoms with Crippen molar-refractivity contribution in [1.82, 2.24) is 0 Å². The maximum atomic E-state index is 11.4. The van der Waals surface area contributed by atoms with Crippen molar-refractivity contribution in [2.45, 2.75) is 44.4 Å². The van der Waals surface area contributed by atoms with Gasteiger partial charge in [0.2, 0.25) is 0 Å². The molecule has 0 aliphatic heterocycles. The normalized spacial score (nSPS) is 18.0. The molecule has 0 spiro atoms. The lowest BCUT2D eigenvalue weighted by molar-refractivity contribution is -0.139. The number of aryl methyl sites for hydroxylation is 1. The third-order valence-corrected chi connectivity index (χ3v) is 6.51. The maximum Gasteiger partial charge on any atom is 0.330 e. The molecular formula is C27H30O6. The van der Waals surface area contributed by atoms with Gasteiger partial charge < -0.3 is 18.9 Å². The number of benzene rings is 2. The number of esters is 2. The lowest BCUT2D eigenvalue weighted by Crippen LogP contribution is -2.15. The quantitative estimate of drug-likeness (QED) is 0.273. The number of carbonyl (C=O) groups excluding carboxylic acids is 2. The molecule has 174 valence electrons. The summed E-state index contributed by atoms with van der Waals surface area (Å²) in [4.78, 5) is 22.8. The molecule has 2 aliphatic rings. The van der Waals surface area contributed by atoms with Gasteiger partial charge in [0.25, 0.3) is 0 Å². The van der Waals surface area contributed by atoms with Crippen LogP contribution in [0.2, 0.25) is 0 Å². The Labute approximate surface area is 194 Å². The molecule has 4 rings (SSSR count). The summed E-state index contributed by atoms with van der Waals surface area (Å²) in [5.74, 6) is 1.73. The molecule has 2 aliphatic carbocycles. The minimum atomic E-state index is -0.457. The van der Waals surface area contributed by atoms with E-state index in [1.807, 2.05) is 6.07 Å². The largest absolute Gasteiger partial charge is 0.489 e. The summed E-state index contributed by atoms with van der Waals surface area (Å²) in [7, 11) is 0. The van der Waals surface area contributed by atoms with Crippen LogP contribution in [-0.2, 0) is 25.5 Å². The summed E-state index contributed by atoms with van der Waals surface area (Å²) in [5, 5.41) is 2.06. The van der Waals surface area contributed by atoms with E-state index >= 15 is 0 Å².